The second-order valence-corrected chi connectivity index (χ2v) is 13.3. The van der Waals surface area contributed by atoms with Crippen LogP contribution in [-0.4, -0.2) is 95.8 Å². The van der Waals surface area contributed by atoms with E-state index in [2.05, 4.69) is 47.0 Å². The fraction of sp³-hybridized carbons (Fsp3) is 0.697. The van der Waals surface area contributed by atoms with E-state index >= 15 is 0 Å². The Labute approximate surface area is 279 Å². The Morgan fingerprint density at radius 3 is 2.13 bits per heavy atom. The zero-order valence-corrected chi connectivity index (χ0v) is 29.5. The van der Waals surface area contributed by atoms with Crippen molar-refractivity contribution in [1.82, 2.24) is 21.3 Å². The van der Waals surface area contributed by atoms with Crippen LogP contribution in [0.15, 0.2) is 29.2 Å². The van der Waals surface area contributed by atoms with Crippen LogP contribution in [0.4, 0.5) is 4.79 Å². The lowest BCUT2D eigenvalue weighted by molar-refractivity contribution is -0.120. The van der Waals surface area contributed by atoms with Gasteiger partial charge in [0.1, 0.15) is 5.44 Å². The summed E-state index contributed by atoms with van der Waals surface area (Å²) in [5.41, 5.74) is 0.995. The Bertz CT molecular complexity index is 959. The van der Waals surface area contributed by atoms with Crippen LogP contribution >= 0.6 is 21.6 Å². The van der Waals surface area contributed by atoms with E-state index in [1.54, 1.807) is 21.6 Å². The Morgan fingerprint density at radius 1 is 0.800 bits per heavy atom. The van der Waals surface area contributed by atoms with Gasteiger partial charge in [0.15, 0.2) is 0 Å². The van der Waals surface area contributed by atoms with Gasteiger partial charge in [-0.05, 0) is 50.8 Å². The van der Waals surface area contributed by atoms with Gasteiger partial charge in [0.2, 0.25) is 5.91 Å². The van der Waals surface area contributed by atoms with Gasteiger partial charge < -0.3 is 40.2 Å². The summed E-state index contributed by atoms with van der Waals surface area (Å²) in [4.78, 5) is 25.1. The molecule has 12 heteroatoms. The summed E-state index contributed by atoms with van der Waals surface area (Å²) in [7, 11) is 3.30. The number of carbonyl (C=O) groups is 2. The van der Waals surface area contributed by atoms with Crippen molar-refractivity contribution in [2.75, 3.05) is 72.4 Å². The molecule has 10 nitrogen and oxygen atoms in total. The van der Waals surface area contributed by atoms with Crippen LogP contribution in [0.1, 0.15) is 59.4 Å². The van der Waals surface area contributed by atoms with E-state index in [0.29, 0.717) is 84.3 Å². The third-order valence-electron chi connectivity index (χ3n) is 6.17. The first kappa shape index (κ1) is 41.0. The maximum atomic E-state index is 12.3. The number of rotatable bonds is 26. The molecule has 0 aliphatic heterocycles. The highest BCUT2D eigenvalue weighted by Crippen LogP contribution is 2.35. The van der Waals surface area contributed by atoms with Crippen LogP contribution in [0.5, 0.6) is 0 Å². The van der Waals surface area contributed by atoms with Crippen molar-refractivity contribution in [3.05, 3.63) is 29.8 Å². The van der Waals surface area contributed by atoms with Crippen molar-refractivity contribution < 1.29 is 28.5 Å². The molecule has 1 rings (SSSR count). The third kappa shape index (κ3) is 25.9. The van der Waals surface area contributed by atoms with Crippen molar-refractivity contribution >= 4 is 33.5 Å². The van der Waals surface area contributed by atoms with Crippen LogP contribution < -0.4 is 21.3 Å². The minimum Gasteiger partial charge on any atom is -0.378 e. The molecule has 2 atom stereocenters. The average molecular weight is 669 g/mol. The standard InChI is InChI=1S/C33H56N4O6S2/c1-6-28(4)34-17-20-40-22-24-42-25-23-41-21-18-35-32(38)26-30-11-13-31(14-12-30)45-44-29(5)43-19-8-7-15-36-33(39)37-16-9-10-27(2)3/h11-14,27-29,34H,6-8,15-26H2,1-5H3,(H,35,38)(H2,36,37,39). The van der Waals surface area contributed by atoms with Gasteiger partial charge >= 0.3 is 6.03 Å². The van der Waals surface area contributed by atoms with Gasteiger partial charge in [-0.15, -0.1) is 0 Å². The highest BCUT2D eigenvalue weighted by Gasteiger charge is 2.07. The summed E-state index contributed by atoms with van der Waals surface area (Å²) in [6.45, 7) is 16.5. The average Bonchev–Trinajstić information content (AvgIpc) is 3.02. The number of carbonyl (C=O) groups excluding carboxylic acids is 2. The third-order valence-corrected chi connectivity index (χ3v) is 8.82. The molecule has 0 radical (unpaired) electrons. The van der Waals surface area contributed by atoms with E-state index in [1.165, 1.54) is 0 Å². The monoisotopic (exact) mass is 668 g/mol. The number of amides is 3. The van der Waals surface area contributed by atoms with E-state index < -0.39 is 0 Å². The lowest BCUT2D eigenvalue weighted by atomic mass is 10.1. The van der Waals surface area contributed by atoms with Gasteiger partial charge in [-0.2, -0.15) is 0 Å². The number of hydrogen-bond donors (Lipinski definition) is 4. The Balaban J connectivity index is 1.99. The molecular formula is C33H56N4O6S2. The van der Waals surface area contributed by atoms with Gasteiger partial charge in [-0.25, -0.2) is 4.79 Å². The number of hydrogen-bond acceptors (Lipinski definition) is 9. The largest absolute Gasteiger partial charge is 0.378 e. The smallest absolute Gasteiger partial charge is 0.315 e. The minimum absolute atomic E-state index is 0.0293. The summed E-state index contributed by atoms with van der Waals surface area (Å²) in [6.07, 6.45) is 3.16. The molecule has 2 unspecified atom stereocenters. The second-order valence-electron chi connectivity index (χ2n) is 10.7. The summed E-state index contributed by atoms with van der Waals surface area (Å²) in [6, 6.07) is 8.33. The molecule has 0 aliphatic carbocycles. The molecule has 0 bridgehead atoms. The number of ether oxygens (including phenoxy) is 4. The maximum absolute atomic E-state index is 12.3. The lowest BCUT2D eigenvalue weighted by Crippen LogP contribution is -2.36. The van der Waals surface area contributed by atoms with E-state index in [1.807, 2.05) is 45.0 Å². The van der Waals surface area contributed by atoms with Crippen LogP contribution in [-0.2, 0) is 30.2 Å². The number of urea groups is 1. The molecule has 3 amide bonds. The quantitative estimate of drug-likeness (QED) is 0.0485. The zero-order chi connectivity index (χ0) is 33.0. The molecule has 0 fully saturated rings. The van der Waals surface area contributed by atoms with E-state index in [9.17, 15) is 9.59 Å². The lowest BCUT2D eigenvalue weighted by Gasteiger charge is -2.12. The van der Waals surface area contributed by atoms with E-state index in [0.717, 1.165) is 36.3 Å². The van der Waals surface area contributed by atoms with Crippen LogP contribution in [0, 0.1) is 17.8 Å². The Kier molecular flexibility index (Phi) is 25.8. The summed E-state index contributed by atoms with van der Waals surface area (Å²) in [5, 5.41) is 11.8. The normalized spacial score (nSPS) is 12.3. The first-order chi connectivity index (χ1) is 21.8. The van der Waals surface area contributed by atoms with Gasteiger partial charge in [-0.1, -0.05) is 66.3 Å². The summed E-state index contributed by atoms with van der Waals surface area (Å²) >= 11 is 0. The van der Waals surface area contributed by atoms with Crippen molar-refractivity contribution in [3.8, 4) is 11.8 Å². The molecule has 0 heterocycles. The topological polar surface area (TPSA) is 119 Å². The molecule has 0 aromatic heterocycles. The first-order valence-corrected chi connectivity index (χ1v) is 18.3. The minimum atomic E-state index is -0.193. The summed E-state index contributed by atoms with van der Waals surface area (Å²) in [5.74, 6) is 6.21. The Morgan fingerprint density at radius 2 is 1.47 bits per heavy atom. The molecule has 0 saturated carbocycles. The molecule has 0 aliphatic rings. The SMILES string of the molecule is CCC(C)NCCOCCOCCOCCNC(=O)Cc1ccc(SSC(C)OCCCCNC(=O)NCC#CC(C)C)cc1. The van der Waals surface area contributed by atoms with Gasteiger partial charge in [0.05, 0.1) is 52.6 Å². The fourth-order valence-electron chi connectivity index (χ4n) is 3.51. The van der Waals surface area contributed by atoms with Crippen LogP contribution in [0.3, 0.4) is 0 Å². The highest BCUT2D eigenvalue weighted by molar-refractivity contribution is 8.76. The number of benzene rings is 1. The molecule has 4 N–H and O–H groups in total. The van der Waals surface area contributed by atoms with Crippen LogP contribution in [0.2, 0.25) is 0 Å². The predicted molar refractivity (Wildman–Crippen MR) is 185 cm³/mol. The van der Waals surface area contributed by atoms with E-state index in [-0.39, 0.29) is 17.4 Å². The van der Waals surface area contributed by atoms with Crippen molar-refractivity contribution in [2.24, 2.45) is 5.92 Å². The number of unbranched alkanes of at least 4 members (excludes halogenated alkanes) is 1. The molecule has 0 spiro atoms. The van der Waals surface area contributed by atoms with Crippen molar-refractivity contribution in [2.45, 2.75) is 76.7 Å². The van der Waals surface area contributed by atoms with E-state index in [4.69, 9.17) is 18.9 Å². The highest BCUT2D eigenvalue weighted by atomic mass is 33.1. The van der Waals surface area contributed by atoms with Gasteiger partial charge in [0.25, 0.3) is 0 Å². The fourth-order valence-corrected chi connectivity index (χ4v) is 5.39. The first-order valence-electron chi connectivity index (χ1n) is 16.1. The van der Waals surface area contributed by atoms with Crippen LogP contribution in [0.25, 0.3) is 0 Å². The number of nitrogens with one attached hydrogen (secondary N) is 4. The summed E-state index contributed by atoms with van der Waals surface area (Å²) < 4.78 is 22.4. The molecule has 256 valence electrons. The van der Waals surface area contributed by atoms with Crippen molar-refractivity contribution in [1.29, 1.82) is 0 Å². The molecule has 45 heavy (non-hydrogen) atoms. The maximum Gasteiger partial charge on any atom is 0.315 e. The van der Waals surface area contributed by atoms with Gasteiger partial charge in [-0.3, -0.25) is 4.79 Å². The Hall–Kier alpha value is -1.98. The molecule has 1 aromatic carbocycles. The molecule has 1 aromatic rings. The molecular weight excluding hydrogens is 613 g/mol. The second kappa shape index (κ2) is 28.3. The molecule has 0 saturated heterocycles. The predicted octanol–water partition coefficient (Wildman–Crippen LogP) is 4.62. The van der Waals surface area contributed by atoms with Crippen molar-refractivity contribution in [3.63, 3.8) is 0 Å². The van der Waals surface area contributed by atoms with Gasteiger partial charge in [0, 0.05) is 43.1 Å². The zero-order valence-electron chi connectivity index (χ0n) is 27.9.